The molecule has 0 aliphatic carbocycles. The quantitative estimate of drug-likeness (QED) is 0.619. The Bertz CT molecular complexity index is 664. The highest BCUT2D eigenvalue weighted by Gasteiger charge is 2.08. The van der Waals surface area contributed by atoms with Crippen LogP contribution in [-0.4, -0.2) is 36.6 Å². The number of hydrogen-bond acceptors (Lipinski definition) is 5. The van der Waals surface area contributed by atoms with Crippen molar-refractivity contribution in [1.29, 1.82) is 0 Å². The number of amides is 1. The number of pyridine rings is 1. The third kappa shape index (κ3) is 5.39. The van der Waals surface area contributed by atoms with Crippen LogP contribution in [0.2, 0.25) is 0 Å². The second kappa shape index (κ2) is 8.47. The molecule has 0 saturated carbocycles. The lowest BCUT2D eigenvalue weighted by molar-refractivity contribution is -0.145. The molecular weight excluding hydrogens is 303 g/mol. The Morgan fingerprint density at radius 2 is 2.00 bits per heavy atom. The van der Waals surface area contributed by atoms with Crippen molar-refractivity contribution in [2.24, 2.45) is 0 Å². The minimum absolute atomic E-state index is 0.00846. The second-order valence-electron chi connectivity index (χ2n) is 4.44. The fourth-order valence-corrected chi connectivity index (χ4v) is 1.67. The van der Waals surface area contributed by atoms with Gasteiger partial charge in [0.1, 0.15) is 6.61 Å². The second-order valence-corrected chi connectivity index (χ2v) is 4.44. The molecule has 2 rings (SSSR count). The number of aromatic nitrogens is 1. The maximum Gasteiger partial charge on any atom is 0.344 e. The van der Waals surface area contributed by atoms with E-state index in [1.165, 1.54) is 24.4 Å². The number of ether oxygens (including phenoxy) is 2. The van der Waals surface area contributed by atoms with Crippen molar-refractivity contribution in [3.05, 3.63) is 60.2 Å². The van der Waals surface area contributed by atoms with E-state index in [9.17, 15) is 14.0 Å². The van der Waals surface area contributed by atoms with Gasteiger partial charge >= 0.3 is 5.97 Å². The molecule has 6 nitrogen and oxygen atoms in total. The highest BCUT2D eigenvalue weighted by atomic mass is 19.1. The monoisotopic (exact) mass is 318 g/mol. The molecular formula is C16H15FN2O4. The van der Waals surface area contributed by atoms with Gasteiger partial charge in [0, 0.05) is 12.4 Å². The number of hydrogen-bond donors (Lipinski definition) is 1. The predicted octanol–water partition coefficient (Wildman–Crippen LogP) is 1.57. The van der Waals surface area contributed by atoms with Crippen LogP contribution in [0.4, 0.5) is 4.39 Å². The van der Waals surface area contributed by atoms with E-state index in [1.807, 2.05) is 0 Å². The van der Waals surface area contributed by atoms with Crippen molar-refractivity contribution in [3.63, 3.8) is 0 Å². The van der Waals surface area contributed by atoms with E-state index in [4.69, 9.17) is 9.47 Å². The first-order chi connectivity index (χ1) is 11.2. The van der Waals surface area contributed by atoms with Gasteiger partial charge in [-0.05, 0) is 24.3 Å². The number of benzene rings is 1. The molecule has 23 heavy (non-hydrogen) atoms. The summed E-state index contributed by atoms with van der Waals surface area (Å²) in [7, 11) is 0. The van der Waals surface area contributed by atoms with Crippen molar-refractivity contribution in [3.8, 4) is 5.75 Å². The fraction of sp³-hybridized carbons (Fsp3) is 0.188. The van der Waals surface area contributed by atoms with E-state index in [-0.39, 0.29) is 24.8 Å². The van der Waals surface area contributed by atoms with E-state index < -0.39 is 18.4 Å². The van der Waals surface area contributed by atoms with Crippen molar-refractivity contribution < 1.29 is 23.5 Å². The van der Waals surface area contributed by atoms with Crippen molar-refractivity contribution in [2.45, 2.75) is 0 Å². The zero-order valence-electron chi connectivity index (χ0n) is 12.2. The normalized spacial score (nSPS) is 9.96. The lowest BCUT2D eigenvalue weighted by Gasteiger charge is -2.08. The maximum absolute atomic E-state index is 13.3. The molecule has 7 heteroatoms. The number of carbonyl (C=O) groups excluding carboxylic acids is 2. The Hall–Kier alpha value is -2.96. The van der Waals surface area contributed by atoms with Crippen molar-refractivity contribution in [1.82, 2.24) is 10.3 Å². The molecule has 1 amide bonds. The SMILES string of the molecule is O=C(COc1ccccc1F)OCCNC(=O)c1cccnc1. The van der Waals surface area contributed by atoms with E-state index >= 15 is 0 Å². The zero-order chi connectivity index (χ0) is 16.5. The first kappa shape index (κ1) is 16.4. The van der Waals surface area contributed by atoms with Crippen LogP contribution in [0, 0.1) is 5.82 Å². The van der Waals surface area contributed by atoms with Gasteiger partial charge in [-0.1, -0.05) is 12.1 Å². The van der Waals surface area contributed by atoms with Crippen molar-refractivity contribution >= 4 is 11.9 Å². The Morgan fingerprint density at radius 3 is 2.74 bits per heavy atom. The fourth-order valence-electron chi connectivity index (χ4n) is 1.67. The van der Waals surface area contributed by atoms with Gasteiger partial charge < -0.3 is 14.8 Å². The van der Waals surface area contributed by atoms with Gasteiger partial charge in [-0.2, -0.15) is 0 Å². The summed E-state index contributed by atoms with van der Waals surface area (Å²) >= 11 is 0. The van der Waals surface area contributed by atoms with Crippen LogP contribution in [-0.2, 0) is 9.53 Å². The molecule has 0 spiro atoms. The number of carbonyl (C=O) groups is 2. The van der Waals surface area contributed by atoms with Gasteiger partial charge in [0.15, 0.2) is 18.2 Å². The van der Waals surface area contributed by atoms with E-state index in [0.29, 0.717) is 5.56 Å². The molecule has 1 aromatic carbocycles. The molecule has 0 aliphatic rings. The van der Waals surface area contributed by atoms with Crippen LogP contribution in [0.5, 0.6) is 5.75 Å². The summed E-state index contributed by atoms with van der Waals surface area (Å²) in [6.45, 7) is -0.262. The Morgan fingerprint density at radius 1 is 1.17 bits per heavy atom. The predicted molar refractivity (Wildman–Crippen MR) is 79.4 cm³/mol. The lowest BCUT2D eigenvalue weighted by Crippen LogP contribution is -2.29. The van der Waals surface area contributed by atoms with Crippen LogP contribution >= 0.6 is 0 Å². The average Bonchev–Trinajstić information content (AvgIpc) is 2.58. The minimum Gasteiger partial charge on any atom is -0.479 e. The summed E-state index contributed by atoms with van der Waals surface area (Å²) in [4.78, 5) is 27.0. The Balaban J connectivity index is 1.63. The third-order valence-electron chi connectivity index (χ3n) is 2.76. The van der Waals surface area contributed by atoms with Crippen molar-refractivity contribution in [2.75, 3.05) is 19.8 Å². The first-order valence-electron chi connectivity index (χ1n) is 6.88. The molecule has 2 aromatic rings. The first-order valence-corrected chi connectivity index (χ1v) is 6.88. The molecule has 0 atom stereocenters. The summed E-state index contributed by atoms with van der Waals surface area (Å²) in [5, 5.41) is 2.58. The summed E-state index contributed by atoms with van der Waals surface area (Å²) in [6.07, 6.45) is 3.00. The number of esters is 1. The Labute approximate surface area is 132 Å². The standard InChI is InChI=1S/C16H15FN2O4/c17-13-5-1-2-6-14(13)23-11-15(20)22-9-8-19-16(21)12-4-3-7-18-10-12/h1-7,10H,8-9,11H2,(H,19,21). The smallest absolute Gasteiger partial charge is 0.344 e. The van der Waals surface area contributed by atoms with Gasteiger partial charge in [-0.15, -0.1) is 0 Å². The molecule has 0 aliphatic heterocycles. The summed E-state index contributed by atoms with van der Waals surface area (Å²) < 4.78 is 23.1. The number of nitrogens with zero attached hydrogens (tertiary/aromatic N) is 1. The lowest BCUT2D eigenvalue weighted by atomic mass is 10.3. The number of para-hydroxylation sites is 1. The molecule has 0 unspecified atom stereocenters. The topological polar surface area (TPSA) is 77.5 Å². The van der Waals surface area contributed by atoms with Gasteiger partial charge in [0.05, 0.1) is 12.1 Å². The molecule has 1 aromatic heterocycles. The molecule has 120 valence electrons. The van der Waals surface area contributed by atoms with Crippen LogP contribution in [0.15, 0.2) is 48.8 Å². The molecule has 0 bridgehead atoms. The summed E-state index contributed by atoms with van der Waals surface area (Å²) in [5.41, 5.74) is 0.418. The van der Waals surface area contributed by atoms with Crippen LogP contribution in [0.3, 0.4) is 0 Å². The van der Waals surface area contributed by atoms with Gasteiger partial charge in [-0.25, -0.2) is 9.18 Å². The maximum atomic E-state index is 13.3. The van der Waals surface area contributed by atoms with E-state index in [2.05, 4.69) is 10.3 Å². The summed E-state index contributed by atoms with van der Waals surface area (Å²) in [6, 6.07) is 9.03. The van der Waals surface area contributed by atoms with Gasteiger partial charge in [0.2, 0.25) is 0 Å². The highest BCUT2D eigenvalue weighted by Crippen LogP contribution is 2.14. The summed E-state index contributed by atoms with van der Waals surface area (Å²) in [5.74, 6) is -1.53. The third-order valence-corrected chi connectivity index (χ3v) is 2.76. The average molecular weight is 318 g/mol. The molecule has 1 N–H and O–H groups in total. The molecule has 0 radical (unpaired) electrons. The van der Waals surface area contributed by atoms with E-state index in [0.717, 1.165) is 0 Å². The highest BCUT2D eigenvalue weighted by molar-refractivity contribution is 5.93. The van der Waals surface area contributed by atoms with Crippen LogP contribution in [0.25, 0.3) is 0 Å². The molecule has 0 saturated heterocycles. The number of rotatable bonds is 7. The minimum atomic E-state index is -0.649. The van der Waals surface area contributed by atoms with E-state index in [1.54, 1.807) is 24.4 Å². The molecule has 1 heterocycles. The van der Waals surface area contributed by atoms with Gasteiger partial charge in [-0.3, -0.25) is 9.78 Å². The zero-order valence-corrected chi connectivity index (χ0v) is 12.2. The van der Waals surface area contributed by atoms with Gasteiger partial charge in [0.25, 0.3) is 5.91 Å². The number of halogens is 1. The molecule has 0 fully saturated rings. The largest absolute Gasteiger partial charge is 0.479 e. The number of nitrogens with one attached hydrogen (secondary N) is 1. The van der Waals surface area contributed by atoms with Crippen LogP contribution in [0.1, 0.15) is 10.4 Å². The Kier molecular flexibility index (Phi) is 6.05. The van der Waals surface area contributed by atoms with Crippen LogP contribution < -0.4 is 10.1 Å².